The van der Waals surface area contributed by atoms with Crippen LogP contribution < -0.4 is 0 Å². The van der Waals surface area contributed by atoms with Gasteiger partial charge in [0, 0.05) is 4.47 Å². The standard InChI is InChI=1S/C11H13Br/c1-4-9-10(8(2)3)6-5-7-11(9)12/h4-8H,1H2,2-3H3. The Morgan fingerprint density at radius 1 is 1.42 bits per heavy atom. The molecule has 0 bridgehead atoms. The third kappa shape index (κ3) is 1.78. The van der Waals surface area contributed by atoms with Crippen LogP contribution in [0.3, 0.4) is 0 Å². The molecule has 0 fully saturated rings. The Labute approximate surface area is 82.4 Å². The highest BCUT2D eigenvalue weighted by Crippen LogP contribution is 2.26. The highest BCUT2D eigenvalue weighted by molar-refractivity contribution is 9.10. The summed E-state index contributed by atoms with van der Waals surface area (Å²) in [5.41, 5.74) is 2.56. The monoisotopic (exact) mass is 224 g/mol. The Hall–Kier alpha value is -0.560. The van der Waals surface area contributed by atoms with Crippen LogP contribution >= 0.6 is 15.9 Å². The van der Waals surface area contributed by atoms with Crippen molar-refractivity contribution in [1.29, 1.82) is 0 Å². The van der Waals surface area contributed by atoms with Gasteiger partial charge in [-0.05, 0) is 23.1 Å². The summed E-state index contributed by atoms with van der Waals surface area (Å²) in [5, 5.41) is 0. The predicted octanol–water partition coefficient (Wildman–Crippen LogP) is 4.22. The second-order valence-corrected chi connectivity index (χ2v) is 3.96. The van der Waals surface area contributed by atoms with Crippen LogP contribution in [0.4, 0.5) is 0 Å². The van der Waals surface area contributed by atoms with Crippen molar-refractivity contribution in [3.63, 3.8) is 0 Å². The molecule has 0 aliphatic heterocycles. The van der Waals surface area contributed by atoms with Crippen LogP contribution in [0.2, 0.25) is 0 Å². The SMILES string of the molecule is C=Cc1c(Br)cccc1C(C)C. The van der Waals surface area contributed by atoms with Crippen molar-refractivity contribution >= 4 is 22.0 Å². The van der Waals surface area contributed by atoms with Gasteiger partial charge in [-0.3, -0.25) is 0 Å². The first kappa shape index (κ1) is 9.53. The summed E-state index contributed by atoms with van der Waals surface area (Å²) in [7, 11) is 0. The van der Waals surface area contributed by atoms with Gasteiger partial charge in [-0.1, -0.05) is 54.6 Å². The van der Waals surface area contributed by atoms with Crippen LogP contribution in [0.1, 0.15) is 30.9 Å². The number of hydrogen-bond donors (Lipinski definition) is 0. The summed E-state index contributed by atoms with van der Waals surface area (Å²) in [5.74, 6) is 0.551. The van der Waals surface area contributed by atoms with E-state index in [0.717, 1.165) is 4.47 Å². The highest BCUT2D eigenvalue weighted by atomic mass is 79.9. The van der Waals surface area contributed by atoms with Gasteiger partial charge < -0.3 is 0 Å². The van der Waals surface area contributed by atoms with Crippen molar-refractivity contribution in [3.8, 4) is 0 Å². The maximum Gasteiger partial charge on any atom is 0.0250 e. The van der Waals surface area contributed by atoms with Crippen molar-refractivity contribution in [2.75, 3.05) is 0 Å². The van der Waals surface area contributed by atoms with Crippen molar-refractivity contribution in [2.45, 2.75) is 19.8 Å². The molecule has 0 aromatic heterocycles. The molecule has 0 saturated carbocycles. The van der Waals surface area contributed by atoms with Crippen molar-refractivity contribution < 1.29 is 0 Å². The Morgan fingerprint density at radius 3 is 2.50 bits per heavy atom. The smallest absolute Gasteiger partial charge is 0.0250 e. The lowest BCUT2D eigenvalue weighted by molar-refractivity contribution is 0.863. The van der Waals surface area contributed by atoms with Gasteiger partial charge in [-0.25, -0.2) is 0 Å². The molecule has 1 aromatic carbocycles. The molecular formula is C11H13Br. The van der Waals surface area contributed by atoms with Crippen LogP contribution in [0, 0.1) is 0 Å². The molecule has 1 aromatic rings. The summed E-state index contributed by atoms with van der Waals surface area (Å²) in [4.78, 5) is 0. The molecule has 0 N–H and O–H groups in total. The van der Waals surface area contributed by atoms with Crippen molar-refractivity contribution in [2.24, 2.45) is 0 Å². The molecule has 0 atom stereocenters. The zero-order chi connectivity index (χ0) is 9.14. The summed E-state index contributed by atoms with van der Waals surface area (Å²) >= 11 is 3.50. The fourth-order valence-electron chi connectivity index (χ4n) is 1.27. The molecule has 12 heavy (non-hydrogen) atoms. The molecule has 0 aliphatic carbocycles. The summed E-state index contributed by atoms with van der Waals surface area (Å²) in [6, 6.07) is 6.25. The molecule has 0 unspecified atom stereocenters. The van der Waals surface area contributed by atoms with E-state index in [2.05, 4.69) is 48.5 Å². The largest absolute Gasteiger partial charge is 0.0984 e. The second kappa shape index (κ2) is 3.90. The minimum absolute atomic E-state index is 0.551. The van der Waals surface area contributed by atoms with E-state index in [-0.39, 0.29) is 0 Å². The van der Waals surface area contributed by atoms with Crippen molar-refractivity contribution in [1.82, 2.24) is 0 Å². The number of halogens is 1. The molecular weight excluding hydrogens is 212 g/mol. The number of hydrogen-bond acceptors (Lipinski definition) is 0. The Morgan fingerprint density at radius 2 is 2.08 bits per heavy atom. The third-order valence-electron chi connectivity index (χ3n) is 1.91. The van der Waals surface area contributed by atoms with E-state index in [4.69, 9.17) is 0 Å². The van der Waals surface area contributed by atoms with Gasteiger partial charge in [0.1, 0.15) is 0 Å². The van der Waals surface area contributed by atoms with Gasteiger partial charge in [0.05, 0.1) is 0 Å². The number of benzene rings is 1. The second-order valence-electron chi connectivity index (χ2n) is 3.10. The van der Waals surface area contributed by atoms with E-state index in [1.165, 1.54) is 11.1 Å². The Kier molecular flexibility index (Phi) is 3.10. The lowest BCUT2D eigenvalue weighted by Crippen LogP contribution is -1.91. The lowest BCUT2D eigenvalue weighted by atomic mass is 9.97. The zero-order valence-corrected chi connectivity index (χ0v) is 9.06. The predicted molar refractivity (Wildman–Crippen MR) is 58.3 cm³/mol. The molecule has 0 amide bonds. The van der Waals surface area contributed by atoms with Crippen LogP contribution in [0.5, 0.6) is 0 Å². The van der Waals surface area contributed by atoms with Gasteiger partial charge in [0.2, 0.25) is 0 Å². The molecule has 0 aliphatic rings. The molecule has 0 saturated heterocycles. The first-order chi connectivity index (χ1) is 5.66. The fourth-order valence-corrected chi connectivity index (χ4v) is 1.82. The van der Waals surface area contributed by atoms with Gasteiger partial charge >= 0.3 is 0 Å². The highest BCUT2D eigenvalue weighted by Gasteiger charge is 2.05. The Balaban J connectivity index is 3.27. The van der Waals surface area contributed by atoms with Gasteiger partial charge in [-0.2, -0.15) is 0 Å². The van der Waals surface area contributed by atoms with Gasteiger partial charge in [-0.15, -0.1) is 0 Å². The Bertz CT molecular complexity index is 287. The van der Waals surface area contributed by atoms with Crippen LogP contribution in [-0.2, 0) is 0 Å². The minimum atomic E-state index is 0.551. The van der Waals surface area contributed by atoms with E-state index in [1.807, 2.05) is 12.1 Å². The van der Waals surface area contributed by atoms with E-state index in [9.17, 15) is 0 Å². The maximum atomic E-state index is 3.80. The molecule has 0 spiro atoms. The zero-order valence-electron chi connectivity index (χ0n) is 7.47. The van der Waals surface area contributed by atoms with Crippen LogP contribution in [-0.4, -0.2) is 0 Å². The molecule has 1 rings (SSSR count). The first-order valence-electron chi connectivity index (χ1n) is 4.07. The topological polar surface area (TPSA) is 0 Å². The summed E-state index contributed by atoms with van der Waals surface area (Å²) in [6.45, 7) is 8.18. The van der Waals surface area contributed by atoms with E-state index in [1.54, 1.807) is 0 Å². The van der Waals surface area contributed by atoms with E-state index in [0.29, 0.717) is 5.92 Å². The minimum Gasteiger partial charge on any atom is -0.0984 e. The summed E-state index contributed by atoms with van der Waals surface area (Å²) < 4.78 is 1.13. The van der Waals surface area contributed by atoms with E-state index < -0.39 is 0 Å². The van der Waals surface area contributed by atoms with Gasteiger partial charge in [0.15, 0.2) is 0 Å². The first-order valence-corrected chi connectivity index (χ1v) is 4.87. The third-order valence-corrected chi connectivity index (χ3v) is 2.60. The average Bonchev–Trinajstić information content (AvgIpc) is 2.03. The quantitative estimate of drug-likeness (QED) is 0.706. The molecule has 1 heteroatoms. The molecule has 0 radical (unpaired) electrons. The van der Waals surface area contributed by atoms with E-state index >= 15 is 0 Å². The molecule has 0 heterocycles. The van der Waals surface area contributed by atoms with Crippen molar-refractivity contribution in [3.05, 3.63) is 40.4 Å². The van der Waals surface area contributed by atoms with Crippen LogP contribution in [0.25, 0.3) is 6.08 Å². The van der Waals surface area contributed by atoms with Crippen LogP contribution in [0.15, 0.2) is 29.3 Å². The maximum absolute atomic E-state index is 3.80. The summed E-state index contributed by atoms with van der Waals surface area (Å²) in [6.07, 6.45) is 1.90. The molecule has 64 valence electrons. The fraction of sp³-hybridized carbons (Fsp3) is 0.273. The normalized spacial score (nSPS) is 10.3. The number of rotatable bonds is 2. The van der Waals surface area contributed by atoms with Gasteiger partial charge in [0.25, 0.3) is 0 Å². The molecule has 0 nitrogen and oxygen atoms in total. The average molecular weight is 225 g/mol. The lowest BCUT2D eigenvalue weighted by Gasteiger charge is -2.10.